The first-order valence-electron chi connectivity index (χ1n) is 6.42. The maximum absolute atomic E-state index is 10.8. The molecule has 2 unspecified atom stereocenters. The lowest BCUT2D eigenvalue weighted by atomic mass is 10.2. The van der Waals surface area contributed by atoms with E-state index in [0.717, 1.165) is 31.7 Å². The number of aryl methyl sites for hydroxylation is 1. The highest BCUT2D eigenvalue weighted by Gasteiger charge is 2.34. The minimum absolute atomic E-state index is 0.0991. The largest absolute Gasteiger partial charge is 0.367 e. The summed E-state index contributed by atoms with van der Waals surface area (Å²) in [5.41, 5.74) is 1.25. The number of rotatable bonds is 2. The molecule has 0 aromatic carbocycles. The van der Waals surface area contributed by atoms with Crippen molar-refractivity contribution in [1.29, 1.82) is 0 Å². The molecule has 0 aliphatic carbocycles. The Hall–Kier alpha value is -1.33. The highest BCUT2D eigenvalue weighted by molar-refractivity contribution is 5.71. The van der Waals surface area contributed by atoms with Crippen LogP contribution in [-0.2, 0) is 4.74 Å². The van der Waals surface area contributed by atoms with Crippen LogP contribution in [0.5, 0.6) is 0 Å². The van der Waals surface area contributed by atoms with Gasteiger partial charge in [0, 0.05) is 18.3 Å². The van der Waals surface area contributed by atoms with Gasteiger partial charge in [-0.15, -0.1) is 0 Å². The Kier molecular flexibility index (Phi) is 3.09. The van der Waals surface area contributed by atoms with Crippen LogP contribution < -0.4 is 0 Å². The topological polar surface area (TPSA) is 55.3 Å². The normalized spacial score (nSPS) is 28.1. The molecule has 5 nitrogen and oxygen atoms in total. The van der Waals surface area contributed by atoms with Crippen molar-refractivity contribution >= 4 is 6.29 Å². The minimum atomic E-state index is -0.0991. The van der Waals surface area contributed by atoms with Crippen LogP contribution in [0.2, 0.25) is 0 Å². The van der Waals surface area contributed by atoms with Crippen LogP contribution in [0.15, 0.2) is 6.07 Å². The minimum Gasteiger partial charge on any atom is -0.367 e. The van der Waals surface area contributed by atoms with Crippen molar-refractivity contribution in [3.05, 3.63) is 23.3 Å². The zero-order chi connectivity index (χ0) is 12.5. The predicted molar refractivity (Wildman–Crippen MR) is 65.4 cm³/mol. The molecular weight excluding hydrogens is 230 g/mol. The predicted octanol–water partition coefficient (Wildman–Crippen LogP) is 1.13. The number of aldehydes is 1. The molecule has 0 saturated carbocycles. The molecule has 0 amide bonds. The van der Waals surface area contributed by atoms with E-state index in [4.69, 9.17) is 4.74 Å². The first kappa shape index (κ1) is 11.7. The van der Waals surface area contributed by atoms with Gasteiger partial charge in [0.2, 0.25) is 0 Å². The Labute approximate surface area is 106 Å². The number of fused-ring (bicyclic) bond motifs is 1. The zero-order valence-electron chi connectivity index (χ0n) is 10.5. The van der Waals surface area contributed by atoms with E-state index < -0.39 is 0 Å². The molecular formula is C13H17N3O2. The van der Waals surface area contributed by atoms with Gasteiger partial charge in [0.25, 0.3) is 0 Å². The Bertz CT molecular complexity index is 464. The van der Waals surface area contributed by atoms with Gasteiger partial charge in [0.05, 0.1) is 6.61 Å². The summed E-state index contributed by atoms with van der Waals surface area (Å²) in [7, 11) is 0. The van der Waals surface area contributed by atoms with E-state index >= 15 is 0 Å². The maximum atomic E-state index is 10.8. The fraction of sp³-hybridized carbons (Fsp3) is 0.615. The lowest BCUT2D eigenvalue weighted by Crippen LogP contribution is -2.42. The van der Waals surface area contributed by atoms with Gasteiger partial charge < -0.3 is 4.74 Å². The van der Waals surface area contributed by atoms with Crippen LogP contribution in [0.3, 0.4) is 0 Å². The maximum Gasteiger partial charge on any atom is 0.168 e. The van der Waals surface area contributed by atoms with Crippen LogP contribution in [0.1, 0.15) is 41.0 Å². The van der Waals surface area contributed by atoms with Crippen molar-refractivity contribution in [1.82, 2.24) is 14.9 Å². The molecule has 0 spiro atoms. The molecule has 3 rings (SSSR count). The second-order valence-electron chi connectivity index (χ2n) is 5.02. The molecule has 5 heteroatoms. The third-order valence-corrected chi connectivity index (χ3v) is 3.69. The number of ether oxygens (including phenoxy) is 1. The number of hydrogen-bond acceptors (Lipinski definition) is 5. The van der Waals surface area contributed by atoms with Gasteiger partial charge in [-0.25, -0.2) is 9.97 Å². The summed E-state index contributed by atoms with van der Waals surface area (Å²) in [6.07, 6.45) is 3.13. The molecule has 2 saturated heterocycles. The standard InChI is InChI=1S/C13H17N3O2/c1-9-5-10(7-17)15-13(14-9)12-6-16-4-2-3-11(16)8-18-12/h5,7,11-12H,2-4,6,8H2,1H3. The van der Waals surface area contributed by atoms with Gasteiger partial charge in [-0.05, 0) is 32.4 Å². The molecule has 0 bridgehead atoms. The van der Waals surface area contributed by atoms with E-state index in [0.29, 0.717) is 17.6 Å². The van der Waals surface area contributed by atoms with E-state index in [-0.39, 0.29) is 6.10 Å². The first-order chi connectivity index (χ1) is 8.76. The summed E-state index contributed by atoms with van der Waals surface area (Å²) in [4.78, 5) is 21.9. The summed E-state index contributed by atoms with van der Waals surface area (Å²) in [6.45, 7) is 4.60. The summed E-state index contributed by atoms with van der Waals surface area (Å²) in [5, 5.41) is 0. The van der Waals surface area contributed by atoms with Gasteiger partial charge >= 0.3 is 0 Å². The average Bonchev–Trinajstić information content (AvgIpc) is 2.85. The molecule has 2 fully saturated rings. The smallest absolute Gasteiger partial charge is 0.168 e. The van der Waals surface area contributed by atoms with E-state index in [1.807, 2.05) is 6.92 Å². The molecule has 1 aromatic rings. The third-order valence-electron chi connectivity index (χ3n) is 3.69. The number of hydrogen-bond donors (Lipinski definition) is 0. The van der Waals surface area contributed by atoms with Gasteiger partial charge in [-0.2, -0.15) is 0 Å². The lowest BCUT2D eigenvalue weighted by Gasteiger charge is -2.34. The van der Waals surface area contributed by atoms with Crippen molar-refractivity contribution < 1.29 is 9.53 Å². The Balaban J connectivity index is 1.82. The molecule has 2 aliphatic rings. The second-order valence-corrected chi connectivity index (χ2v) is 5.02. The first-order valence-corrected chi connectivity index (χ1v) is 6.42. The van der Waals surface area contributed by atoms with Gasteiger partial charge in [0.15, 0.2) is 12.1 Å². The van der Waals surface area contributed by atoms with Gasteiger partial charge in [-0.1, -0.05) is 0 Å². The zero-order valence-corrected chi connectivity index (χ0v) is 10.5. The van der Waals surface area contributed by atoms with Crippen LogP contribution >= 0.6 is 0 Å². The van der Waals surface area contributed by atoms with Crippen LogP contribution in [0.25, 0.3) is 0 Å². The Morgan fingerprint density at radius 2 is 2.39 bits per heavy atom. The van der Waals surface area contributed by atoms with Crippen molar-refractivity contribution in [3.8, 4) is 0 Å². The molecule has 2 aliphatic heterocycles. The monoisotopic (exact) mass is 247 g/mol. The SMILES string of the molecule is Cc1cc(C=O)nc(C2CN3CCCC3CO2)n1. The van der Waals surface area contributed by atoms with E-state index in [1.54, 1.807) is 6.07 Å². The molecule has 3 heterocycles. The lowest BCUT2D eigenvalue weighted by molar-refractivity contribution is -0.0542. The molecule has 2 atom stereocenters. The van der Waals surface area contributed by atoms with Gasteiger partial charge in [-0.3, -0.25) is 9.69 Å². The van der Waals surface area contributed by atoms with E-state index in [2.05, 4.69) is 14.9 Å². The summed E-state index contributed by atoms with van der Waals surface area (Å²) in [6, 6.07) is 2.26. The summed E-state index contributed by atoms with van der Waals surface area (Å²) < 4.78 is 5.85. The molecule has 18 heavy (non-hydrogen) atoms. The summed E-state index contributed by atoms with van der Waals surface area (Å²) in [5.74, 6) is 0.641. The van der Waals surface area contributed by atoms with Crippen LogP contribution in [0.4, 0.5) is 0 Å². The van der Waals surface area contributed by atoms with Crippen LogP contribution in [0, 0.1) is 6.92 Å². The molecule has 0 radical (unpaired) electrons. The third kappa shape index (κ3) is 2.15. The number of aromatic nitrogens is 2. The number of nitrogens with zero attached hydrogens (tertiary/aromatic N) is 3. The second kappa shape index (κ2) is 4.74. The average molecular weight is 247 g/mol. The van der Waals surface area contributed by atoms with Crippen molar-refractivity contribution in [2.45, 2.75) is 31.9 Å². The van der Waals surface area contributed by atoms with Crippen LogP contribution in [-0.4, -0.2) is 46.9 Å². The Morgan fingerprint density at radius 1 is 1.50 bits per heavy atom. The number of carbonyl (C=O) groups is 1. The van der Waals surface area contributed by atoms with E-state index in [9.17, 15) is 4.79 Å². The van der Waals surface area contributed by atoms with Crippen molar-refractivity contribution in [3.63, 3.8) is 0 Å². The summed E-state index contributed by atoms with van der Waals surface area (Å²) >= 11 is 0. The van der Waals surface area contributed by atoms with E-state index in [1.165, 1.54) is 12.8 Å². The molecule has 96 valence electrons. The number of carbonyl (C=O) groups excluding carboxylic acids is 1. The fourth-order valence-electron chi connectivity index (χ4n) is 2.79. The number of morpholine rings is 1. The fourth-order valence-corrected chi connectivity index (χ4v) is 2.79. The molecule has 0 N–H and O–H groups in total. The quantitative estimate of drug-likeness (QED) is 0.733. The van der Waals surface area contributed by atoms with Crippen molar-refractivity contribution in [2.24, 2.45) is 0 Å². The highest BCUT2D eigenvalue weighted by atomic mass is 16.5. The van der Waals surface area contributed by atoms with Crippen molar-refractivity contribution in [2.75, 3.05) is 19.7 Å². The Morgan fingerprint density at radius 3 is 3.22 bits per heavy atom. The van der Waals surface area contributed by atoms with Gasteiger partial charge in [0.1, 0.15) is 11.8 Å². The highest BCUT2D eigenvalue weighted by Crippen LogP contribution is 2.28. The molecule has 1 aromatic heterocycles.